The van der Waals surface area contributed by atoms with Gasteiger partial charge in [0, 0.05) is 29.8 Å². The smallest absolute Gasteiger partial charge is 0.128 e. The minimum absolute atomic E-state index is 0.564. The molecule has 1 aliphatic carbocycles. The minimum atomic E-state index is 0.564. The molecular weight excluding hydrogens is 326 g/mol. The molecule has 114 valence electrons. The predicted octanol–water partition coefficient (Wildman–Crippen LogP) is 3.69. The second-order valence-electron chi connectivity index (χ2n) is 7.13. The highest BCUT2D eigenvalue weighted by molar-refractivity contribution is 9.10. The third-order valence-corrected chi connectivity index (χ3v) is 6.39. The maximum absolute atomic E-state index is 4.57. The topological polar surface area (TPSA) is 19.4 Å². The van der Waals surface area contributed by atoms with E-state index in [1.807, 2.05) is 6.20 Å². The van der Waals surface area contributed by atoms with E-state index in [-0.39, 0.29) is 0 Å². The average molecular weight is 350 g/mol. The van der Waals surface area contributed by atoms with Gasteiger partial charge in [-0.15, -0.1) is 0 Å². The molecule has 0 N–H and O–H groups in total. The third-order valence-electron chi connectivity index (χ3n) is 5.92. The summed E-state index contributed by atoms with van der Waals surface area (Å²) >= 11 is 3.47. The van der Waals surface area contributed by atoms with Crippen molar-refractivity contribution >= 4 is 21.7 Å². The molecule has 3 heterocycles. The van der Waals surface area contributed by atoms with Crippen molar-refractivity contribution in [3.05, 3.63) is 22.8 Å². The second-order valence-corrected chi connectivity index (χ2v) is 8.04. The number of hydrogen-bond donors (Lipinski definition) is 0. The lowest BCUT2D eigenvalue weighted by molar-refractivity contribution is 0.0524. The average Bonchev–Trinajstić information content (AvgIpc) is 2.85. The normalized spacial score (nSPS) is 26.2. The molecule has 1 aromatic rings. The van der Waals surface area contributed by atoms with E-state index in [9.17, 15) is 0 Å². The first-order valence-corrected chi connectivity index (χ1v) is 9.14. The molecular formula is C17H24BrN3. The largest absolute Gasteiger partial charge is 0.356 e. The zero-order chi connectivity index (χ0) is 14.3. The lowest BCUT2D eigenvalue weighted by Gasteiger charge is -2.45. The molecule has 21 heavy (non-hydrogen) atoms. The summed E-state index contributed by atoms with van der Waals surface area (Å²) in [6, 6.07) is 5.17. The van der Waals surface area contributed by atoms with Gasteiger partial charge in [0.15, 0.2) is 0 Å². The van der Waals surface area contributed by atoms with Crippen LogP contribution in [-0.2, 0) is 0 Å². The SMILES string of the molecule is Brc1ccc(N2CCC3(CCN(C4CCC4)CC3)C2)nc1. The van der Waals surface area contributed by atoms with Crippen molar-refractivity contribution in [2.45, 2.75) is 44.6 Å². The molecule has 0 radical (unpaired) electrons. The van der Waals surface area contributed by atoms with E-state index < -0.39 is 0 Å². The van der Waals surface area contributed by atoms with E-state index in [1.165, 1.54) is 64.7 Å². The Morgan fingerprint density at radius 2 is 1.86 bits per heavy atom. The van der Waals surface area contributed by atoms with E-state index in [0.717, 1.165) is 16.3 Å². The Hall–Kier alpha value is -0.610. The van der Waals surface area contributed by atoms with Gasteiger partial charge >= 0.3 is 0 Å². The van der Waals surface area contributed by atoms with Gasteiger partial charge in [-0.25, -0.2) is 4.98 Å². The van der Waals surface area contributed by atoms with Gasteiger partial charge in [-0.3, -0.25) is 0 Å². The van der Waals surface area contributed by atoms with Crippen molar-refractivity contribution in [2.75, 3.05) is 31.1 Å². The molecule has 0 atom stereocenters. The molecule has 2 aliphatic heterocycles. The van der Waals surface area contributed by atoms with Crippen molar-refractivity contribution in [3.63, 3.8) is 0 Å². The fraction of sp³-hybridized carbons (Fsp3) is 0.706. The van der Waals surface area contributed by atoms with Crippen LogP contribution >= 0.6 is 15.9 Å². The van der Waals surface area contributed by atoms with Crippen molar-refractivity contribution in [1.82, 2.24) is 9.88 Å². The number of piperidine rings is 1. The van der Waals surface area contributed by atoms with Gasteiger partial charge in [0.2, 0.25) is 0 Å². The van der Waals surface area contributed by atoms with Crippen molar-refractivity contribution in [2.24, 2.45) is 5.41 Å². The lowest BCUT2D eigenvalue weighted by Crippen LogP contribution is -2.48. The second kappa shape index (κ2) is 5.54. The van der Waals surface area contributed by atoms with Crippen LogP contribution in [0.5, 0.6) is 0 Å². The Balaban J connectivity index is 1.38. The Morgan fingerprint density at radius 1 is 1.10 bits per heavy atom. The molecule has 1 saturated carbocycles. The van der Waals surface area contributed by atoms with Crippen molar-refractivity contribution in [3.8, 4) is 0 Å². The van der Waals surface area contributed by atoms with E-state index in [4.69, 9.17) is 0 Å². The van der Waals surface area contributed by atoms with Crippen LogP contribution in [0, 0.1) is 5.41 Å². The number of anilines is 1. The number of aromatic nitrogens is 1. The summed E-state index contributed by atoms with van der Waals surface area (Å²) in [5, 5.41) is 0. The first kappa shape index (κ1) is 14.0. The van der Waals surface area contributed by atoms with Gasteiger partial charge in [-0.1, -0.05) is 6.42 Å². The number of likely N-dealkylation sites (tertiary alicyclic amines) is 1. The van der Waals surface area contributed by atoms with Gasteiger partial charge in [0.05, 0.1) is 0 Å². The molecule has 3 fully saturated rings. The van der Waals surface area contributed by atoms with Crippen LogP contribution in [0.25, 0.3) is 0 Å². The molecule has 3 nitrogen and oxygen atoms in total. The summed E-state index contributed by atoms with van der Waals surface area (Å²) in [5.41, 5.74) is 0.564. The molecule has 1 spiro atoms. The van der Waals surface area contributed by atoms with Crippen molar-refractivity contribution < 1.29 is 0 Å². The summed E-state index contributed by atoms with van der Waals surface area (Å²) in [7, 11) is 0. The first-order valence-electron chi connectivity index (χ1n) is 8.35. The molecule has 1 aromatic heterocycles. The van der Waals surface area contributed by atoms with Crippen LogP contribution < -0.4 is 4.90 Å². The molecule has 2 saturated heterocycles. The Morgan fingerprint density at radius 3 is 2.48 bits per heavy atom. The summed E-state index contributed by atoms with van der Waals surface area (Å²) < 4.78 is 1.06. The van der Waals surface area contributed by atoms with Gasteiger partial charge in [0.25, 0.3) is 0 Å². The monoisotopic (exact) mass is 349 g/mol. The summed E-state index contributed by atoms with van der Waals surface area (Å²) in [4.78, 5) is 9.82. The summed E-state index contributed by atoms with van der Waals surface area (Å²) in [6.45, 7) is 5.04. The molecule has 0 bridgehead atoms. The molecule has 4 rings (SSSR count). The quantitative estimate of drug-likeness (QED) is 0.811. The van der Waals surface area contributed by atoms with Crippen molar-refractivity contribution in [1.29, 1.82) is 0 Å². The van der Waals surface area contributed by atoms with E-state index in [2.05, 4.69) is 42.8 Å². The molecule has 4 heteroatoms. The fourth-order valence-electron chi connectivity index (χ4n) is 4.21. The zero-order valence-electron chi connectivity index (χ0n) is 12.6. The highest BCUT2D eigenvalue weighted by Gasteiger charge is 2.42. The van der Waals surface area contributed by atoms with E-state index in [0.29, 0.717) is 5.41 Å². The molecule has 0 unspecified atom stereocenters. The highest BCUT2D eigenvalue weighted by atomic mass is 79.9. The molecule has 3 aliphatic rings. The Labute approximate surface area is 135 Å². The standard InChI is InChI=1S/C17H24BrN3/c18-14-4-5-16(19-12-14)21-11-8-17(13-21)6-9-20(10-7-17)15-2-1-3-15/h4-5,12,15H,1-3,6-11,13H2. The third kappa shape index (κ3) is 2.72. The molecule has 0 aromatic carbocycles. The van der Waals surface area contributed by atoms with Crippen LogP contribution in [-0.4, -0.2) is 42.1 Å². The first-order chi connectivity index (χ1) is 10.2. The van der Waals surface area contributed by atoms with Gasteiger partial charge in [0.1, 0.15) is 5.82 Å². The van der Waals surface area contributed by atoms with Gasteiger partial charge in [-0.2, -0.15) is 0 Å². The van der Waals surface area contributed by atoms with Crippen LogP contribution in [0.3, 0.4) is 0 Å². The number of hydrogen-bond acceptors (Lipinski definition) is 3. The van der Waals surface area contributed by atoms with Crippen LogP contribution in [0.15, 0.2) is 22.8 Å². The minimum Gasteiger partial charge on any atom is -0.356 e. The predicted molar refractivity (Wildman–Crippen MR) is 89.6 cm³/mol. The van der Waals surface area contributed by atoms with Crippen LogP contribution in [0.4, 0.5) is 5.82 Å². The van der Waals surface area contributed by atoms with Crippen LogP contribution in [0.2, 0.25) is 0 Å². The summed E-state index contributed by atoms with van der Waals surface area (Å²) in [6.07, 6.45) is 10.4. The highest BCUT2D eigenvalue weighted by Crippen LogP contribution is 2.43. The zero-order valence-corrected chi connectivity index (χ0v) is 14.2. The fourth-order valence-corrected chi connectivity index (χ4v) is 4.44. The van der Waals surface area contributed by atoms with Gasteiger partial charge < -0.3 is 9.80 Å². The molecule has 0 amide bonds. The van der Waals surface area contributed by atoms with Crippen LogP contribution in [0.1, 0.15) is 38.5 Å². The number of nitrogens with zero attached hydrogens (tertiary/aromatic N) is 3. The maximum atomic E-state index is 4.57. The Bertz CT molecular complexity index is 489. The summed E-state index contributed by atoms with van der Waals surface area (Å²) in [5.74, 6) is 1.15. The number of pyridine rings is 1. The van der Waals surface area contributed by atoms with Gasteiger partial charge in [-0.05, 0) is 78.7 Å². The number of halogens is 1. The maximum Gasteiger partial charge on any atom is 0.128 e. The Kier molecular flexibility index (Phi) is 3.70. The number of rotatable bonds is 2. The van der Waals surface area contributed by atoms with E-state index >= 15 is 0 Å². The van der Waals surface area contributed by atoms with E-state index in [1.54, 1.807) is 0 Å². The lowest BCUT2D eigenvalue weighted by atomic mass is 9.76.